The first-order valence-electron chi connectivity index (χ1n) is 4.98. The Morgan fingerprint density at radius 2 is 2.25 bits per heavy atom. The third-order valence-corrected chi connectivity index (χ3v) is 2.56. The van der Waals surface area contributed by atoms with Gasteiger partial charge in [-0.05, 0) is 24.6 Å². The summed E-state index contributed by atoms with van der Waals surface area (Å²) >= 11 is 5.68. The summed E-state index contributed by atoms with van der Waals surface area (Å²) in [5.74, 6) is -0.379. The molecule has 0 saturated carbocycles. The molecule has 1 aromatic rings. The van der Waals surface area contributed by atoms with Crippen LogP contribution in [0.3, 0.4) is 0 Å². The number of phenols is 1. The highest BCUT2D eigenvalue weighted by Gasteiger charge is 2.12. The van der Waals surface area contributed by atoms with Crippen molar-refractivity contribution in [2.24, 2.45) is 0 Å². The van der Waals surface area contributed by atoms with Crippen molar-refractivity contribution in [1.82, 2.24) is 5.32 Å². The third-order valence-electron chi connectivity index (χ3n) is 2.26. The second-order valence-electron chi connectivity index (χ2n) is 3.43. The zero-order valence-electron chi connectivity index (χ0n) is 8.90. The fraction of sp³-hybridized carbons (Fsp3) is 0.364. The van der Waals surface area contributed by atoms with Crippen LogP contribution < -0.4 is 5.32 Å². The predicted molar refractivity (Wildman–Crippen MR) is 61.7 cm³/mol. The van der Waals surface area contributed by atoms with Gasteiger partial charge in [0.25, 0.3) is 5.91 Å². The molecule has 0 saturated heterocycles. The highest BCUT2D eigenvalue weighted by molar-refractivity contribution is 6.32. The lowest BCUT2D eigenvalue weighted by atomic mass is 10.1. The van der Waals surface area contributed by atoms with Gasteiger partial charge < -0.3 is 15.5 Å². The molecule has 3 N–H and O–H groups in total. The van der Waals surface area contributed by atoms with Crippen molar-refractivity contribution in [2.75, 3.05) is 6.61 Å². The summed E-state index contributed by atoms with van der Waals surface area (Å²) in [5, 5.41) is 20.9. The molecule has 0 spiro atoms. The highest BCUT2D eigenvalue weighted by Crippen LogP contribution is 2.23. The molecule has 1 atom stereocenters. The van der Waals surface area contributed by atoms with Gasteiger partial charge in [-0.25, -0.2) is 0 Å². The molecule has 88 valence electrons. The molecule has 16 heavy (non-hydrogen) atoms. The standard InChI is InChI=1S/C11H14ClNO3/c1-2-8(6-14)13-11(16)7-3-4-10(15)9(12)5-7/h3-5,8,14-15H,2,6H2,1H3,(H,13,16). The van der Waals surface area contributed by atoms with Gasteiger partial charge in [0.05, 0.1) is 17.7 Å². The van der Waals surface area contributed by atoms with Gasteiger partial charge in [-0.1, -0.05) is 18.5 Å². The maximum atomic E-state index is 11.7. The Balaban J connectivity index is 2.76. The molecule has 0 fully saturated rings. The quantitative estimate of drug-likeness (QED) is 0.752. The number of amides is 1. The lowest BCUT2D eigenvalue weighted by molar-refractivity contribution is 0.0915. The van der Waals surface area contributed by atoms with Crippen molar-refractivity contribution in [3.8, 4) is 5.75 Å². The van der Waals surface area contributed by atoms with Gasteiger partial charge >= 0.3 is 0 Å². The van der Waals surface area contributed by atoms with E-state index in [0.29, 0.717) is 12.0 Å². The van der Waals surface area contributed by atoms with Crippen LogP contribution in [0.5, 0.6) is 5.75 Å². The van der Waals surface area contributed by atoms with E-state index in [1.165, 1.54) is 18.2 Å². The van der Waals surface area contributed by atoms with Gasteiger partial charge in [-0.15, -0.1) is 0 Å². The maximum absolute atomic E-state index is 11.7. The Kier molecular flexibility index (Phi) is 4.58. The van der Waals surface area contributed by atoms with E-state index in [1.807, 2.05) is 6.92 Å². The number of rotatable bonds is 4. The van der Waals surface area contributed by atoms with Crippen LogP contribution in [0.25, 0.3) is 0 Å². The number of halogens is 1. The summed E-state index contributed by atoms with van der Waals surface area (Å²) in [4.78, 5) is 11.7. The van der Waals surface area contributed by atoms with Crippen LogP contribution in [0, 0.1) is 0 Å². The molecule has 1 aromatic carbocycles. The van der Waals surface area contributed by atoms with Crippen molar-refractivity contribution in [1.29, 1.82) is 0 Å². The summed E-state index contributed by atoms with van der Waals surface area (Å²) in [7, 11) is 0. The van der Waals surface area contributed by atoms with Crippen molar-refractivity contribution in [3.63, 3.8) is 0 Å². The Labute approximate surface area is 98.9 Å². The Bertz CT molecular complexity index is 377. The maximum Gasteiger partial charge on any atom is 0.251 e. The van der Waals surface area contributed by atoms with E-state index in [1.54, 1.807) is 0 Å². The molecular formula is C11H14ClNO3. The van der Waals surface area contributed by atoms with Crippen LogP contribution in [-0.2, 0) is 0 Å². The molecule has 0 bridgehead atoms. The predicted octanol–water partition coefficient (Wildman–Crippen LogP) is 1.55. The fourth-order valence-corrected chi connectivity index (χ4v) is 1.37. The number of carbonyl (C=O) groups excluding carboxylic acids is 1. The van der Waals surface area contributed by atoms with E-state index in [-0.39, 0.29) is 29.3 Å². The second kappa shape index (κ2) is 5.72. The summed E-state index contributed by atoms with van der Waals surface area (Å²) in [6.45, 7) is 1.76. The number of hydrogen-bond acceptors (Lipinski definition) is 3. The number of phenolic OH excluding ortho intramolecular Hbond substituents is 1. The summed E-state index contributed by atoms with van der Waals surface area (Å²) in [6, 6.07) is 3.95. The lowest BCUT2D eigenvalue weighted by Gasteiger charge is -2.14. The molecular weight excluding hydrogens is 230 g/mol. The van der Waals surface area contributed by atoms with E-state index in [0.717, 1.165) is 0 Å². The van der Waals surface area contributed by atoms with Crippen molar-refractivity contribution in [3.05, 3.63) is 28.8 Å². The molecule has 4 nitrogen and oxygen atoms in total. The molecule has 0 radical (unpaired) electrons. The molecule has 5 heteroatoms. The number of aliphatic hydroxyl groups excluding tert-OH is 1. The Hall–Kier alpha value is -1.26. The molecule has 0 heterocycles. The van der Waals surface area contributed by atoms with Crippen LogP contribution in [0.4, 0.5) is 0 Å². The third kappa shape index (κ3) is 3.12. The van der Waals surface area contributed by atoms with Crippen molar-refractivity contribution < 1.29 is 15.0 Å². The minimum absolute atomic E-state index is 0.0626. The van der Waals surface area contributed by atoms with Crippen LogP contribution in [-0.4, -0.2) is 28.8 Å². The van der Waals surface area contributed by atoms with E-state index < -0.39 is 0 Å². The van der Waals surface area contributed by atoms with E-state index in [9.17, 15) is 9.90 Å². The molecule has 0 aliphatic heterocycles. The number of nitrogens with one attached hydrogen (secondary N) is 1. The number of aromatic hydroxyl groups is 1. The van der Waals surface area contributed by atoms with Gasteiger partial charge in [-0.3, -0.25) is 4.79 Å². The Morgan fingerprint density at radius 3 is 2.75 bits per heavy atom. The van der Waals surface area contributed by atoms with Crippen LogP contribution in [0.15, 0.2) is 18.2 Å². The molecule has 0 aliphatic rings. The normalized spacial score (nSPS) is 12.2. The van der Waals surface area contributed by atoms with Gasteiger partial charge in [-0.2, -0.15) is 0 Å². The lowest BCUT2D eigenvalue weighted by Crippen LogP contribution is -2.36. The summed E-state index contributed by atoms with van der Waals surface area (Å²) in [6.07, 6.45) is 0.647. The molecule has 1 rings (SSSR count). The zero-order chi connectivity index (χ0) is 12.1. The first-order valence-corrected chi connectivity index (χ1v) is 5.36. The zero-order valence-corrected chi connectivity index (χ0v) is 9.66. The average molecular weight is 244 g/mol. The molecule has 1 unspecified atom stereocenters. The SMILES string of the molecule is CCC(CO)NC(=O)c1ccc(O)c(Cl)c1. The van der Waals surface area contributed by atoms with E-state index >= 15 is 0 Å². The van der Waals surface area contributed by atoms with Gasteiger partial charge in [0.1, 0.15) is 5.75 Å². The van der Waals surface area contributed by atoms with Crippen LogP contribution in [0.2, 0.25) is 5.02 Å². The van der Waals surface area contributed by atoms with Crippen LogP contribution in [0.1, 0.15) is 23.7 Å². The largest absolute Gasteiger partial charge is 0.506 e. The molecule has 1 amide bonds. The second-order valence-corrected chi connectivity index (χ2v) is 3.83. The number of carbonyl (C=O) groups is 1. The smallest absolute Gasteiger partial charge is 0.251 e. The van der Waals surface area contributed by atoms with E-state index in [2.05, 4.69) is 5.32 Å². The Morgan fingerprint density at radius 1 is 1.56 bits per heavy atom. The van der Waals surface area contributed by atoms with Gasteiger partial charge in [0, 0.05) is 5.56 Å². The molecule has 0 aliphatic carbocycles. The first kappa shape index (κ1) is 12.8. The number of aliphatic hydroxyl groups is 1. The monoisotopic (exact) mass is 243 g/mol. The molecule has 0 aromatic heterocycles. The average Bonchev–Trinajstić information content (AvgIpc) is 2.29. The summed E-state index contributed by atoms with van der Waals surface area (Å²) in [5.41, 5.74) is 0.356. The minimum Gasteiger partial charge on any atom is -0.506 e. The van der Waals surface area contributed by atoms with Crippen molar-refractivity contribution >= 4 is 17.5 Å². The number of hydrogen-bond donors (Lipinski definition) is 3. The van der Waals surface area contributed by atoms with Gasteiger partial charge in [0.2, 0.25) is 0 Å². The highest BCUT2D eigenvalue weighted by atomic mass is 35.5. The topological polar surface area (TPSA) is 69.6 Å². The summed E-state index contributed by atoms with van der Waals surface area (Å²) < 4.78 is 0. The fourth-order valence-electron chi connectivity index (χ4n) is 1.19. The van der Waals surface area contributed by atoms with Crippen molar-refractivity contribution in [2.45, 2.75) is 19.4 Å². The van der Waals surface area contributed by atoms with Crippen LogP contribution >= 0.6 is 11.6 Å². The minimum atomic E-state index is -0.317. The first-order chi connectivity index (χ1) is 7.58. The van der Waals surface area contributed by atoms with Gasteiger partial charge in [0.15, 0.2) is 0 Å². The number of benzene rings is 1. The van der Waals surface area contributed by atoms with E-state index in [4.69, 9.17) is 16.7 Å².